The van der Waals surface area contributed by atoms with Gasteiger partial charge < -0.3 is 10.8 Å². The number of fused-ring (bicyclic) bond motifs is 1. The summed E-state index contributed by atoms with van der Waals surface area (Å²) in [4.78, 5) is 4.27. The monoisotopic (exact) mass is 282 g/mol. The molecule has 0 aliphatic carbocycles. The minimum atomic E-state index is -0.615. The molecule has 0 bridgehead atoms. The summed E-state index contributed by atoms with van der Waals surface area (Å²) in [7, 11) is 0. The Labute approximate surface area is 119 Å². The van der Waals surface area contributed by atoms with Crippen molar-refractivity contribution in [2.24, 2.45) is 0 Å². The summed E-state index contributed by atoms with van der Waals surface area (Å²) >= 11 is 0. The van der Waals surface area contributed by atoms with Gasteiger partial charge in [-0.1, -0.05) is 6.07 Å². The first-order chi connectivity index (χ1) is 10.2. The van der Waals surface area contributed by atoms with Crippen LogP contribution in [0.5, 0.6) is 0 Å². The quantitative estimate of drug-likeness (QED) is 0.705. The van der Waals surface area contributed by atoms with Crippen LogP contribution in [0.15, 0.2) is 36.4 Å². The minimum Gasteiger partial charge on any atom is -0.399 e. The van der Waals surface area contributed by atoms with E-state index in [1.54, 1.807) is 28.8 Å². The van der Waals surface area contributed by atoms with Crippen LogP contribution in [0.3, 0.4) is 0 Å². The van der Waals surface area contributed by atoms with E-state index in [-0.39, 0.29) is 12.2 Å². The number of halogens is 1. The molecule has 0 fully saturated rings. The Morgan fingerprint density at radius 3 is 2.86 bits per heavy atom. The van der Waals surface area contributed by atoms with Gasteiger partial charge in [0.05, 0.1) is 16.7 Å². The summed E-state index contributed by atoms with van der Waals surface area (Å²) in [6.07, 6.45) is 0. The predicted molar refractivity (Wildman–Crippen MR) is 76.1 cm³/mol. The molecule has 21 heavy (non-hydrogen) atoms. The van der Waals surface area contributed by atoms with Crippen molar-refractivity contribution in [3.63, 3.8) is 0 Å². The highest BCUT2D eigenvalue weighted by Crippen LogP contribution is 2.26. The molecule has 6 heteroatoms. The molecule has 0 saturated heterocycles. The summed E-state index contributed by atoms with van der Waals surface area (Å²) in [5.41, 5.74) is 7.73. The molecule has 0 amide bonds. The summed E-state index contributed by atoms with van der Waals surface area (Å²) in [5.74, 6) is -0.297. The molecular weight excluding hydrogens is 271 g/mol. The van der Waals surface area contributed by atoms with Gasteiger partial charge in [-0.2, -0.15) is 5.26 Å². The normalized spacial score (nSPS) is 10.7. The van der Waals surface area contributed by atoms with Gasteiger partial charge in [0.2, 0.25) is 0 Å². The number of nitrogens with two attached hydrogens (primary N) is 1. The second kappa shape index (κ2) is 4.89. The van der Waals surface area contributed by atoms with Crippen LogP contribution in [0.25, 0.3) is 16.7 Å². The first kappa shape index (κ1) is 13.1. The van der Waals surface area contributed by atoms with Crippen molar-refractivity contribution >= 4 is 16.7 Å². The Hall–Kier alpha value is -2.91. The fraction of sp³-hybridized carbons (Fsp3) is 0.0667. The molecule has 5 nitrogen and oxygen atoms in total. The first-order valence-corrected chi connectivity index (χ1v) is 6.22. The van der Waals surface area contributed by atoms with Crippen LogP contribution < -0.4 is 5.73 Å². The van der Waals surface area contributed by atoms with Crippen LogP contribution in [0.2, 0.25) is 0 Å². The van der Waals surface area contributed by atoms with Gasteiger partial charge in [-0.25, -0.2) is 9.37 Å². The van der Waals surface area contributed by atoms with Crippen molar-refractivity contribution in [3.8, 4) is 11.8 Å². The molecule has 0 aliphatic heterocycles. The third kappa shape index (κ3) is 2.00. The van der Waals surface area contributed by atoms with Gasteiger partial charge in [-0.3, -0.25) is 4.57 Å². The molecule has 0 saturated carbocycles. The number of anilines is 1. The molecule has 3 aromatic rings. The third-order valence-corrected chi connectivity index (χ3v) is 3.23. The lowest BCUT2D eigenvalue weighted by Gasteiger charge is -2.10. The van der Waals surface area contributed by atoms with Crippen molar-refractivity contribution in [1.82, 2.24) is 9.55 Å². The van der Waals surface area contributed by atoms with E-state index in [2.05, 4.69) is 4.98 Å². The maximum absolute atomic E-state index is 13.8. The molecule has 3 N–H and O–H groups in total. The van der Waals surface area contributed by atoms with E-state index in [0.717, 1.165) is 0 Å². The van der Waals surface area contributed by atoms with E-state index < -0.39 is 5.82 Å². The molecule has 1 aromatic heterocycles. The summed E-state index contributed by atoms with van der Waals surface area (Å²) in [6, 6.07) is 11.3. The molecule has 1 heterocycles. The molecular formula is C15H11FN4O. The van der Waals surface area contributed by atoms with Crippen LogP contribution in [0.1, 0.15) is 11.4 Å². The minimum absolute atomic E-state index is 0.0941. The largest absolute Gasteiger partial charge is 0.399 e. The molecule has 104 valence electrons. The summed E-state index contributed by atoms with van der Waals surface area (Å²) in [5, 5.41) is 18.7. The lowest BCUT2D eigenvalue weighted by Crippen LogP contribution is -2.04. The smallest absolute Gasteiger partial charge is 0.143 e. The van der Waals surface area contributed by atoms with Gasteiger partial charge in [0.1, 0.15) is 29.9 Å². The van der Waals surface area contributed by atoms with Gasteiger partial charge >= 0.3 is 0 Å². The van der Waals surface area contributed by atoms with Crippen LogP contribution in [0.4, 0.5) is 10.1 Å². The molecule has 3 rings (SSSR count). The summed E-state index contributed by atoms with van der Waals surface area (Å²) < 4.78 is 15.4. The van der Waals surface area contributed by atoms with Crippen molar-refractivity contribution < 1.29 is 9.50 Å². The highest BCUT2D eigenvalue weighted by molar-refractivity contribution is 5.82. The van der Waals surface area contributed by atoms with Gasteiger partial charge in [-0.05, 0) is 30.3 Å². The van der Waals surface area contributed by atoms with E-state index in [4.69, 9.17) is 5.73 Å². The fourth-order valence-corrected chi connectivity index (χ4v) is 2.33. The summed E-state index contributed by atoms with van der Waals surface area (Å²) in [6.45, 7) is -0.337. The molecule has 0 unspecified atom stereocenters. The zero-order chi connectivity index (χ0) is 15.0. The Morgan fingerprint density at radius 2 is 2.14 bits per heavy atom. The molecule has 0 spiro atoms. The second-order valence-electron chi connectivity index (χ2n) is 4.52. The average molecular weight is 282 g/mol. The van der Waals surface area contributed by atoms with Gasteiger partial charge in [0, 0.05) is 5.69 Å². The van der Waals surface area contributed by atoms with Gasteiger partial charge in [0.25, 0.3) is 0 Å². The number of rotatable bonds is 2. The van der Waals surface area contributed by atoms with E-state index in [1.165, 1.54) is 12.1 Å². The van der Waals surface area contributed by atoms with Crippen LogP contribution in [0, 0.1) is 17.1 Å². The highest BCUT2D eigenvalue weighted by atomic mass is 19.1. The fourth-order valence-electron chi connectivity index (χ4n) is 2.33. The van der Waals surface area contributed by atoms with Crippen molar-refractivity contribution in [2.75, 3.05) is 5.73 Å². The van der Waals surface area contributed by atoms with Crippen LogP contribution in [-0.4, -0.2) is 14.7 Å². The Morgan fingerprint density at radius 1 is 1.33 bits per heavy atom. The number of nitrogens with zero attached hydrogens (tertiary/aromatic N) is 3. The van der Waals surface area contributed by atoms with Crippen molar-refractivity contribution in [2.45, 2.75) is 6.61 Å². The number of hydrogen-bond donors (Lipinski definition) is 2. The number of imidazole rings is 1. The maximum Gasteiger partial charge on any atom is 0.143 e. The standard InChI is InChI=1S/C15H11FN4O/c16-11-2-1-3-13(10(11)7-17)20-14-5-4-9(18)6-12(14)19-15(20)8-21/h1-6,21H,8,18H2. The first-order valence-electron chi connectivity index (χ1n) is 6.22. The van der Waals surface area contributed by atoms with Gasteiger partial charge in [0.15, 0.2) is 0 Å². The number of aliphatic hydroxyl groups excluding tert-OH is 1. The zero-order valence-corrected chi connectivity index (χ0v) is 10.9. The third-order valence-electron chi connectivity index (χ3n) is 3.23. The van der Waals surface area contributed by atoms with Crippen molar-refractivity contribution in [1.29, 1.82) is 5.26 Å². The number of benzene rings is 2. The maximum atomic E-state index is 13.8. The molecule has 0 aliphatic rings. The topological polar surface area (TPSA) is 87.9 Å². The van der Waals surface area contributed by atoms with Crippen LogP contribution >= 0.6 is 0 Å². The SMILES string of the molecule is N#Cc1c(F)cccc1-n1c(CO)nc2cc(N)ccc21. The van der Waals surface area contributed by atoms with E-state index in [1.807, 2.05) is 6.07 Å². The lowest BCUT2D eigenvalue weighted by atomic mass is 10.1. The number of nitrogen functional groups attached to an aromatic ring is 1. The molecule has 2 aromatic carbocycles. The lowest BCUT2D eigenvalue weighted by molar-refractivity contribution is 0.270. The Bertz CT molecular complexity index is 879. The second-order valence-corrected chi connectivity index (χ2v) is 4.52. The Balaban J connectivity index is 2.40. The zero-order valence-electron chi connectivity index (χ0n) is 10.9. The predicted octanol–water partition coefficient (Wildman–Crippen LogP) is 2.11. The molecule has 0 radical (unpaired) electrons. The Kier molecular flexibility index (Phi) is 3.05. The van der Waals surface area contributed by atoms with E-state index in [0.29, 0.717) is 28.2 Å². The van der Waals surface area contributed by atoms with E-state index in [9.17, 15) is 14.8 Å². The van der Waals surface area contributed by atoms with Gasteiger partial charge in [-0.15, -0.1) is 0 Å². The number of aliphatic hydroxyl groups is 1. The number of nitriles is 1. The highest BCUT2D eigenvalue weighted by Gasteiger charge is 2.16. The van der Waals surface area contributed by atoms with Crippen LogP contribution in [-0.2, 0) is 6.61 Å². The number of hydrogen-bond acceptors (Lipinski definition) is 4. The van der Waals surface area contributed by atoms with Crippen molar-refractivity contribution in [3.05, 3.63) is 53.6 Å². The van der Waals surface area contributed by atoms with E-state index >= 15 is 0 Å². The number of aromatic nitrogens is 2. The molecule has 0 atom stereocenters. The average Bonchev–Trinajstić information content (AvgIpc) is 2.84.